The maximum Gasteiger partial charge on any atom is 0.243 e. The number of rotatable bonds is 15. The molecule has 2 aromatic carbocycles. The van der Waals surface area contributed by atoms with Crippen LogP contribution in [0.5, 0.6) is 0 Å². The Hall–Kier alpha value is -5.03. The zero-order chi connectivity index (χ0) is 30.6. The standard InChI is InChI=1S/C32H37N7O4/c33-25(18-21-8-2-1-3-9-21)30(41)38-27(13-14-29(34)40)32(43)39-28(19-22-20-37-26-12-5-4-11-24(22)26)31(42)36-17-15-23-10-6-7-16-35-23/h1-12,16,20,25,27-28,37H,13-15,17-19,33H2,(H2,34,40)(H,36,42)(H,38,41)(H,39,43)/t25-,27+,28-/m1/s1. The fraction of sp³-hybridized carbons (Fsp3) is 0.281. The average molecular weight is 584 g/mol. The van der Waals surface area contributed by atoms with E-state index in [2.05, 4.69) is 25.9 Å². The van der Waals surface area contributed by atoms with Gasteiger partial charge in [0.2, 0.25) is 23.6 Å². The van der Waals surface area contributed by atoms with Crippen LogP contribution >= 0.6 is 0 Å². The first-order chi connectivity index (χ1) is 20.8. The number of fused-ring (bicyclic) bond motifs is 1. The van der Waals surface area contributed by atoms with Crippen LogP contribution in [0.1, 0.15) is 29.7 Å². The third kappa shape index (κ3) is 9.23. The number of para-hydroxylation sites is 1. The largest absolute Gasteiger partial charge is 0.370 e. The second-order valence-electron chi connectivity index (χ2n) is 10.3. The van der Waals surface area contributed by atoms with Gasteiger partial charge in [-0.1, -0.05) is 54.6 Å². The summed E-state index contributed by atoms with van der Waals surface area (Å²) < 4.78 is 0. The first-order valence-electron chi connectivity index (χ1n) is 14.2. The summed E-state index contributed by atoms with van der Waals surface area (Å²) in [6.07, 6.45) is 4.26. The predicted molar refractivity (Wildman–Crippen MR) is 163 cm³/mol. The molecule has 0 bridgehead atoms. The Labute approximate surface area is 249 Å². The van der Waals surface area contributed by atoms with Crippen molar-refractivity contribution in [1.29, 1.82) is 0 Å². The van der Waals surface area contributed by atoms with Crippen LogP contribution in [-0.4, -0.2) is 58.3 Å². The van der Waals surface area contributed by atoms with Gasteiger partial charge >= 0.3 is 0 Å². The maximum atomic E-state index is 13.6. The summed E-state index contributed by atoms with van der Waals surface area (Å²) in [5.74, 6) is -2.19. The topological polar surface area (TPSA) is 185 Å². The monoisotopic (exact) mass is 583 g/mol. The molecule has 0 aliphatic heterocycles. The molecule has 2 heterocycles. The second-order valence-corrected chi connectivity index (χ2v) is 10.3. The molecule has 8 N–H and O–H groups in total. The van der Waals surface area contributed by atoms with Gasteiger partial charge in [0.25, 0.3) is 0 Å². The molecule has 43 heavy (non-hydrogen) atoms. The maximum absolute atomic E-state index is 13.6. The molecule has 4 rings (SSSR count). The lowest BCUT2D eigenvalue weighted by Crippen LogP contribution is -2.56. The van der Waals surface area contributed by atoms with Gasteiger partial charge in [-0.3, -0.25) is 24.2 Å². The van der Waals surface area contributed by atoms with Gasteiger partial charge in [0, 0.05) is 54.8 Å². The number of nitrogens with zero attached hydrogens (tertiary/aromatic N) is 1. The Kier molecular flexibility index (Phi) is 11.0. The summed E-state index contributed by atoms with van der Waals surface area (Å²) in [6, 6.07) is 19.4. The Bertz CT molecular complexity index is 1520. The molecule has 0 fully saturated rings. The van der Waals surface area contributed by atoms with E-state index in [4.69, 9.17) is 11.5 Å². The molecule has 0 spiro atoms. The fourth-order valence-corrected chi connectivity index (χ4v) is 4.78. The van der Waals surface area contributed by atoms with Crippen molar-refractivity contribution in [2.24, 2.45) is 11.5 Å². The number of carbonyl (C=O) groups is 4. The first-order valence-corrected chi connectivity index (χ1v) is 14.2. The smallest absolute Gasteiger partial charge is 0.243 e. The summed E-state index contributed by atoms with van der Waals surface area (Å²) in [5.41, 5.74) is 14.9. The summed E-state index contributed by atoms with van der Waals surface area (Å²) in [7, 11) is 0. The van der Waals surface area contributed by atoms with E-state index in [9.17, 15) is 19.2 Å². The minimum atomic E-state index is -1.13. The number of nitrogens with one attached hydrogen (secondary N) is 4. The highest BCUT2D eigenvalue weighted by Crippen LogP contribution is 2.19. The van der Waals surface area contributed by atoms with Crippen molar-refractivity contribution in [3.05, 3.63) is 102 Å². The van der Waals surface area contributed by atoms with Crippen LogP contribution in [-0.2, 0) is 38.4 Å². The number of nitrogens with two attached hydrogens (primary N) is 2. The van der Waals surface area contributed by atoms with Crippen LogP contribution in [0.25, 0.3) is 10.9 Å². The van der Waals surface area contributed by atoms with Crippen molar-refractivity contribution in [2.75, 3.05) is 6.54 Å². The number of aromatic nitrogens is 2. The SMILES string of the molecule is NC(=O)CC[C@H](NC(=O)[C@H](N)Cc1ccccc1)C(=O)N[C@H](Cc1c[nH]c2ccccc12)C(=O)NCCc1ccccn1. The molecule has 224 valence electrons. The summed E-state index contributed by atoms with van der Waals surface area (Å²) in [6.45, 7) is 0.312. The number of hydrogen-bond acceptors (Lipinski definition) is 6. The molecular weight excluding hydrogens is 546 g/mol. The normalized spacial score (nSPS) is 13.0. The molecule has 2 aromatic heterocycles. The van der Waals surface area contributed by atoms with E-state index < -0.39 is 41.8 Å². The summed E-state index contributed by atoms with van der Waals surface area (Å²) in [5, 5.41) is 9.27. The minimum Gasteiger partial charge on any atom is -0.370 e. The second kappa shape index (κ2) is 15.3. The number of benzene rings is 2. The van der Waals surface area contributed by atoms with E-state index in [1.54, 1.807) is 12.4 Å². The molecule has 0 unspecified atom stereocenters. The van der Waals surface area contributed by atoms with Gasteiger partial charge in [-0.25, -0.2) is 0 Å². The van der Waals surface area contributed by atoms with Crippen molar-refractivity contribution >= 4 is 34.5 Å². The van der Waals surface area contributed by atoms with Crippen molar-refractivity contribution in [1.82, 2.24) is 25.9 Å². The van der Waals surface area contributed by atoms with E-state index in [0.29, 0.717) is 13.0 Å². The summed E-state index contributed by atoms with van der Waals surface area (Å²) >= 11 is 0. The Morgan fingerprint density at radius 3 is 2.28 bits per heavy atom. The fourth-order valence-electron chi connectivity index (χ4n) is 4.78. The van der Waals surface area contributed by atoms with E-state index in [1.807, 2.05) is 72.8 Å². The molecule has 3 atom stereocenters. The number of amides is 4. The Morgan fingerprint density at radius 2 is 1.53 bits per heavy atom. The van der Waals surface area contributed by atoms with Crippen LogP contribution in [0, 0.1) is 0 Å². The van der Waals surface area contributed by atoms with Gasteiger partial charge in [-0.05, 0) is 42.2 Å². The number of primary amides is 1. The number of hydrogen-bond donors (Lipinski definition) is 6. The minimum absolute atomic E-state index is 0.0495. The molecule has 0 saturated heterocycles. The number of carbonyl (C=O) groups excluding carboxylic acids is 4. The van der Waals surface area contributed by atoms with Gasteiger partial charge < -0.3 is 32.4 Å². The van der Waals surface area contributed by atoms with Crippen molar-refractivity contribution < 1.29 is 19.2 Å². The molecular formula is C32H37N7O4. The third-order valence-electron chi connectivity index (χ3n) is 7.09. The Balaban J connectivity index is 1.48. The van der Waals surface area contributed by atoms with Crippen molar-refractivity contribution in [3.63, 3.8) is 0 Å². The van der Waals surface area contributed by atoms with Crippen LogP contribution in [0.2, 0.25) is 0 Å². The van der Waals surface area contributed by atoms with Gasteiger partial charge in [-0.2, -0.15) is 0 Å². The van der Waals surface area contributed by atoms with Gasteiger partial charge in [-0.15, -0.1) is 0 Å². The zero-order valence-electron chi connectivity index (χ0n) is 23.8. The lowest BCUT2D eigenvalue weighted by atomic mass is 10.0. The van der Waals surface area contributed by atoms with Gasteiger partial charge in [0.05, 0.1) is 6.04 Å². The first kappa shape index (κ1) is 30.9. The van der Waals surface area contributed by atoms with Crippen LogP contribution in [0.3, 0.4) is 0 Å². The molecule has 4 aromatic rings. The highest BCUT2D eigenvalue weighted by molar-refractivity contribution is 5.94. The molecule has 4 amide bonds. The van der Waals surface area contributed by atoms with Crippen LogP contribution in [0.15, 0.2) is 85.2 Å². The van der Waals surface area contributed by atoms with Gasteiger partial charge in [0.1, 0.15) is 12.1 Å². The molecule has 0 aliphatic rings. The molecule has 0 radical (unpaired) electrons. The quantitative estimate of drug-likeness (QED) is 0.122. The lowest BCUT2D eigenvalue weighted by molar-refractivity contribution is -0.132. The molecule has 0 saturated carbocycles. The molecule has 11 nitrogen and oxygen atoms in total. The van der Waals surface area contributed by atoms with Crippen molar-refractivity contribution in [2.45, 2.75) is 50.2 Å². The molecule has 0 aliphatic carbocycles. The third-order valence-corrected chi connectivity index (χ3v) is 7.09. The highest BCUT2D eigenvalue weighted by atomic mass is 16.2. The number of aromatic amines is 1. The highest BCUT2D eigenvalue weighted by Gasteiger charge is 2.29. The average Bonchev–Trinajstić information content (AvgIpc) is 3.42. The number of pyridine rings is 1. The predicted octanol–water partition coefficient (Wildman–Crippen LogP) is 1.27. The van der Waals surface area contributed by atoms with Crippen LogP contribution < -0.4 is 27.4 Å². The van der Waals surface area contributed by atoms with E-state index in [0.717, 1.165) is 27.7 Å². The zero-order valence-corrected chi connectivity index (χ0v) is 23.8. The Morgan fingerprint density at radius 1 is 0.814 bits per heavy atom. The van der Waals surface area contributed by atoms with Crippen LogP contribution in [0.4, 0.5) is 0 Å². The number of H-pyrrole nitrogens is 1. The van der Waals surface area contributed by atoms with Crippen molar-refractivity contribution in [3.8, 4) is 0 Å². The van der Waals surface area contributed by atoms with E-state index >= 15 is 0 Å². The van der Waals surface area contributed by atoms with E-state index in [1.165, 1.54) is 0 Å². The van der Waals surface area contributed by atoms with E-state index in [-0.39, 0.29) is 25.7 Å². The molecule has 11 heteroatoms. The summed E-state index contributed by atoms with van der Waals surface area (Å²) in [4.78, 5) is 59.0. The van der Waals surface area contributed by atoms with Gasteiger partial charge in [0.15, 0.2) is 0 Å². The lowest BCUT2D eigenvalue weighted by Gasteiger charge is -2.24.